The van der Waals surface area contributed by atoms with Crippen molar-refractivity contribution in [3.05, 3.63) is 52.1 Å². The van der Waals surface area contributed by atoms with Crippen molar-refractivity contribution in [1.29, 1.82) is 0 Å². The van der Waals surface area contributed by atoms with Gasteiger partial charge in [-0.25, -0.2) is 4.39 Å². The van der Waals surface area contributed by atoms with Gasteiger partial charge in [0.2, 0.25) is 0 Å². The molecule has 108 valence electrons. The molecule has 1 atom stereocenters. The Morgan fingerprint density at radius 3 is 2.75 bits per heavy atom. The number of likely N-dealkylation sites (N-methyl/N-ethyl adjacent to an activating group) is 1. The molecule has 0 bridgehead atoms. The molecule has 0 aliphatic carbocycles. The van der Waals surface area contributed by atoms with Crippen molar-refractivity contribution < 1.29 is 4.39 Å². The minimum atomic E-state index is -0.324. The number of halogens is 2. The maximum absolute atomic E-state index is 13.9. The summed E-state index contributed by atoms with van der Waals surface area (Å²) in [6, 6.07) is 7.32. The number of nitrogens with one attached hydrogen (secondary N) is 1. The highest BCUT2D eigenvalue weighted by atomic mass is 35.5. The van der Waals surface area contributed by atoms with Gasteiger partial charge in [0.25, 0.3) is 0 Å². The lowest BCUT2D eigenvalue weighted by Gasteiger charge is -2.17. The van der Waals surface area contributed by atoms with E-state index < -0.39 is 0 Å². The molecule has 1 heterocycles. The van der Waals surface area contributed by atoms with E-state index in [0.29, 0.717) is 12.0 Å². The van der Waals surface area contributed by atoms with Gasteiger partial charge >= 0.3 is 0 Å². The second-order valence-electron chi connectivity index (χ2n) is 5.01. The molecule has 0 saturated heterocycles. The molecule has 5 heteroatoms. The number of rotatable bonds is 5. The first-order chi connectivity index (χ1) is 9.51. The van der Waals surface area contributed by atoms with Crippen LogP contribution in [-0.2, 0) is 19.9 Å². The minimum absolute atomic E-state index is 0.137. The van der Waals surface area contributed by atoms with Crippen LogP contribution in [0.25, 0.3) is 0 Å². The zero-order chi connectivity index (χ0) is 14.7. The summed E-state index contributed by atoms with van der Waals surface area (Å²) in [6.07, 6.45) is 1.38. The normalized spacial score (nSPS) is 12.7. The number of hydrogen-bond donors (Lipinski definition) is 1. The first-order valence-corrected chi connectivity index (χ1v) is 6.98. The summed E-state index contributed by atoms with van der Waals surface area (Å²) >= 11 is 5.82. The van der Waals surface area contributed by atoms with E-state index in [9.17, 15) is 4.39 Å². The van der Waals surface area contributed by atoms with E-state index >= 15 is 0 Å². The fraction of sp³-hybridized carbons (Fsp3) is 0.400. The molecule has 0 saturated carbocycles. The predicted molar refractivity (Wildman–Crippen MR) is 79.6 cm³/mol. The monoisotopic (exact) mass is 295 g/mol. The predicted octanol–water partition coefficient (Wildman–Crippen LogP) is 2.89. The Morgan fingerprint density at radius 1 is 1.40 bits per heavy atom. The highest BCUT2D eigenvalue weighted by Crippen LogP contribution is 2.20. The molecule has 2 aromatic rings. The second-order valence-corrected chi connectivity index (χ2v) is 5.41. The fourth-order valence-electron chi connectivity index (χ4n) is 2.36. The molecule has 1 N–H and O–H groups in total. The van der Waals surface area contributed by atoms with Crippen LogP contribution in [0.4, 0.5) is 4.39 Å². The molecule has 0 fully saturated rings. The maximum atomic E-state index is 13.9. The van der Waals surface area contributed by atoms with Crippen LogP contribution >= 0.6 is 11.6 Å². The van der Waals surface area contributed by atoms with Crippen molar-refractivity contribution >= 4 is 11.6 Å². The van der Waals surface area contributed by atoms with Crippen LogP contribution < -0.4 is 5.32 Å². The minimum Gasteiger partial charge on any atom is -0.316 e. The topological polar surface area (TPSA) is 29.9 Å². The van der Waals surface area contributed by atoms with Crippen LogP contribution in [0.1, 0.15) is 17.0 Å². The molecular formula is C15H19ClFN3. The van der Waals surface area contributed by atoms with Gasteiger partial charge in [-0.2, -0.15) is 5.10 Å². The van der Waals surface area contributed by atoms with Crippen LogP contribution in [0.5, 0.6) is 0 Å². The van der Waals surface area contributed by atoms with Gasteiger partial charge in [0, 0.05) is 25.2 Å². The van der Waals surface area contributed by atoms with Crippen LogP contribution in [0.3, 0.4) is 0 Å². The van der Waals surface area contributed by atoms with E-state index in [0.717, 1.165) is 17.8 Å². The van der Waals surface area contributed by atoms with Crippen molar-refractivity contribution in [2.75, 3.05) is 7.05 Å². The van der Waals surface area contributed by atoms with Gasteiger partial charge in [-0.05, 0) is 38.1 Å². The Balaban J connectivity index is 2.13. The number of aryl methyl sites for hydroxylation is 2. The van der Waals surface area contributed by atoms with E-state index in [2.05, 4.69) is 16.5 Å². The third-order valence-corrected chi connectivity index (χ3v) is 3.75. The van der Waals surface area contributed by atoms with Gasteiger partial charge in [-0.1, -0.05) is 23.7 Å². The highest BCUT2D eigenvalue weighted by molar-refractivity contribution is 6.30. The molecule has 1 unspecified atom stereocenters. The van der Waals surface area contributed by atoms with Gasteiger partial charge in [0.15, 0.2) is 0 Å². The molecule has 0 aliphatic heterocycles. The summed E-state index contributed by atoms with van der Waals surface area (Å²) in [7, 11) is 3.81. The van der Waals surface area contributed by atoms with Crippen LogP contribution in [-0.4, -0.2) is 22.9 Å². The Labute approximate surface area is 123 Å². The fourth-order valence-corrected chi connectivity index (χ4v) is 2.55. The zero-order valence-corrected chi connectivity index (χ0v) is 12.7. The molecule has 2 rings (SSSR count). The number of aromatic nitrogens is 2. The van der Waals surface area contributed by atoms with Crippen molar-refractivity contribution in [3.63, 3.8) is 0 Å². The van der Waals surface area contributed by atoms with Gasteiger partial charge in [0.1, 0.15) is 5.82 Å². The van der Waals surface area contributed by atoms with Gasteiger partial charge in [0.05, 0.1) is 10.7 Å². The first-order valence-electron chi connectivity index (χ1n) is 6.61. The quantitative estimate of drug-likeness (QED) is 0.919. The molecule has 3 nitrogen and oxygen atoms in total. The zero-order valence-electron chi connectivity index (χ0n) is 12.0. The maximum Gasteiger partial charge on any atom is 0.145 e. The van der Waals surface area contributed by atoms with Gasteiger partial charge in [-0.3, -0.25) is 4.68 Å². The first kappa shape index (κ1) is 15.0. The lowest BCUT2D eigenvalue weighted by Crippen LogP contribution is -2.31. The summed E-state index contributed by atoms with van der Waals surface area (Å²) in [5.74, 6) is -0.324. The van der Waals surface area contributed by atoms with E-state index in [1.165, 1.54) is 0 Å². The summed E-state index contributed by atoms with van der Waals surface area (Å²) in [6.45, 7) is 1.97. The van der Waals surface area contributed by atoms with Crippen molar-refractivity contribution in [1.82, 2.24) is 15.1 Å². The Kier molecular flexibility index (Phi) is 4.78. The number of benzene rings is 1. The van der Waals surface area contributed by atoms with E-state index in [1.54, 1.807) is 18.2 Å². The number of nitrogens with zero attached hydrogens (tertiary/aromatic N) is 2. The molecule has 0 radical (unpaired) electrons. The number of hydrogen-bond acceptors (Lipinski definition) is 2. The lowest BCUT2D eigenvalue weighted by atomic mass is 10.0. The largest absolute Gasteiger partial charge is 0.316 e. The van der Waals surface area contributed by atoms with Gasteiger partial charge in [-0.15, -0.1) is 0 Å². The Hall–Kier alpha value is -1.39. The van der Waals surface area contributed by atoms with E-state index in [-0.39, 0.29) is 16.9 Å². The highest BCUT2D eigenvalue weighted by Gasteiger charge is 2.15. The van der Waals surface area contributed by atoms with Gasteiger partial charge < -0.3 is 5.32 Å². The molecule has 20 heavy (non-hydrogen) atoms. The van der Waals surface area contributed by atoms with Crippen LogP contribution in [0.2, 0.25) is 5.02 Å². The van der Waals surface area contributed by atoms with Crippen molar-refractivity contribution in [3.8, 4) is 0 Å². The molecule has 0 spiro atoms. The van der Waals surface area contributed by atoms with Crippen molar-refractivity contribution in [2.24, 2.45) is 7.05 Å². The summed E-state index contributed by atoms with van der Waals surface area (Å²) in [5, 5.41) is 7.74. The smallest absolute Gasteiger partial charge is 0.145 e. The lowest BCUT2D eigenvalue weighted by molar-refractivity contribution is 0.516. The average Bonchev–Trinajstić information content (AvgIpc) is 2.72. The molecule has 0 amide bonds. The average molecular weight is 296 g/mol. The third-order valence-electron chi connectivity index (χ3n) is 3.46. The summed E-state index contributed by atoms with van der Waals surface area (Å²) in [4.78, 5) is 0. The molecule has 1 aromatic heterocycles. The Bertz CT molecular complexity index is 595. The second kappa shape index (κ2) is 6.37. The molecular weight excluding hydrogens is 277 g/mol. The molecule has 0 aliphatic rings. The summed E-state index contributed by atoms with van der Waals surface area (Å²) < 4.78 is 15.8. The van der Waals surface area contributed by atoms with Crippen molar-refractivity contribution in [2.45, 2.75) is 25.8 Å². The Morgan fingerprint density at radius 2 is 2.15 bits per heavy atom. The van der Waals surface area contributed by atoms with Crippen LogP contribution in [0, 0.1) is 12.7 Å². The standard InChI is InChI=1S/C15H19ClFN3/c1-10-7-13(20(3)19-10)9-12(18-2)8-11-5-4-6-14(16)15(11)17/h4-7,12,18H,8-9H2,1-3H3. The third kappa shape index (κ3) is 3.38. The van der Waals surface area contributed by atoms with Crippen LogP contribution in [0.15, 0.2) is 24.3 Å². The summed E-state index contributed by atoms with van der Waals surface area (Å²) in [5.41, 5.74) is 2.76. The van der Waals surface area contributed by atoms with E-state index in [1.807, 2.05) is 25.7 Å². The molecule has 1 aromatic carbocycles. The van der Waals surface area contributed by atoms with E-state index in [4.69, 9.17) is 11.6 Å². The SMILES string of the molecule is CNC(Cc1cccc(Cl)c1F)Cc1cc(C)nn1C.